The lowest BCUT2D eigenvalue weighted by molar-refractivity contribution is 0.0957. The molecule has 4 nitrogen and oxygen atoms in total. The van der Waals surface area contributed by atoms with Gasteiger partial charge in [-0.3, -0.25) is 4.79 Å². The molecule has 1 N–H and O–H groups in total. The predicted octanol–water partition coefficient (Wildman–Crippen LogP) is 4.79. The topological polar surface area (TPSA) is 51.2 Å². The van der Waals surface area contributed by atoms with Crippen LogP contribution < -0.4 is 10.1 Å². The van der Waals surface area contributed by atoms with E-state index in [1.807, 2.05) is 6.92 Å². The van der Waals surface area contributed by atoms with Crippen molar-refractivity contribution in [2.75, 3.05) is 6.54 Å². The summed E-state index contributed by atoms with van der Waals surface area (Å²) in [5.74, 6) is 0.195. The number of benzene rings is 1. The van der Waals surface area contributed by atoms with Crippen LogP contribution in [0.3, 0.4) is 0 Å². The van der Waals surface area contributed by atoms with Crippen LogP contribution in [0.2, 0.25) is 0 Å². The number of carbonyl (C=O) groups is 1. The standard InChI is InChI=1S/C20H23FN2O2S/c1-14-19(20(24)22-12-11-15-5-3-2-4-6-15)26-18(23-14)13-25-17-9-7-16(21)8-10-17/h5,7-10H,2-4,6,11-13H2,1H3,(H,22,24). The zero-order valence-electron chi connectivity index (χ0n) is 14.9. The van der Waals surface area contributed by atoms with Crippen LogP contribution in [-0.4, -0.2) is 17.4 Å². The average Bonchev–Trinajstić information content (AvgIpc) is 3.03. The molecule has 0 spiro atoms. The van der Waals surface area contributed by atoms with Gasteiger partial charge in [-0.15, -0.1) is 11.3 Å². The predicted molar refractivity (Wildman–Crippen MR) is 101 cm³/mol. The summed E-state index contributed by atoms with van der Waals surface area (Å²) < 4.78 is 18.5. The number of nitrogens with zero attached hydrogens (tertiary/aromatic N) is 1. The lowest BCUT2D eigenvalue weighted by atomic mass is 9.97. The number of amides is 1. The van der Waals surface area contributed by atoms with E-state index in [1.165, 1.54) is 41.9 Å². The molecular weight excluding hydrogens is 351 g/mol. The van der Waals surface area contributed by atoms with Crippen LogP contribution in [0.4, 0.5) is 4.39 Å². The fraction of sp³-hybridized carbons (Fsp3) is 0.400. The number of thiazole rings is 1. The Morgan fingerprint density at radius 3 is 2.85 bits per heavy atom. The van der Waals surface area contributed by atoms with E-state index in [-0.39, 0.29) is 18.3 Å². The number of rotatable bonds is 7. The number of hydrogen-bond acceptors (Lipinski definition) is 4. The van der Waals surface area contributed by atoms with Crippen LogP contribution in [0.25, 0.3) is 0 Å². The maximum atomic E-state index is 12.9. The van der Waals surface area contributed by atoms with E-state index in [4.69, 9.17) is 4.74 Å². The minimum absolute atomic E-state index is 0.0792. The maximum absolute atomic E-state index is 12.9. The largest absolute Gasteiger partial charge is 0.486 e. The summed E-state index contributed by atoms with van der Waals surface area (Å²) in [6.07, 6.45) is 8.07. The molecule has 1 aromatic carbocycles. The third kappa shape index (κ3) is 5.14. The van der Waals surface area contributed by atoms with E-state index >= 15 is 0 Å². The van der Waals surface area contributed by atoms with Crippen molar-refractivity contribution >= 4 is 17.2 Å². The van der Waals surface area contributed by atoms with E-state index in [2.05, 4.69) is 16.4 Å². The summed E-state index contributed by atoms with van der Waals surface area (Å²) in [6.45, 7) is 2.75. The highest BCUT2D eigenvalue weighted by Crippen LogP contribution is 2.22. The number of hydrogen-bond donors (Lipinski definition) is 1. The van der Waals surface area contributed by atoms with Crippen molar-refractivity contribution < 1.29 is 13.9 Å². The van der Waals surface area contributed by atoms with Crippen LogP contribution in [0, 0.1) is 12.7 Å². The van der Waals surface area contributed by atoms with Gasteiger partial charge in [0.25, 0.3) is 5.91 Å². The zero-order chi connectivity index (χ0) is 18.4. The SMILES string of the molecule is Cc1nc(COc2ccc(F)cc2)sc1C(=O)NCCC1=CCCCC1. The zero-order valence-corrected chi connectivity index (χ0v) is 15.7. The molecule has 1 aromatic heterocycles. The molecule has 0 fully saturated rings. The van der Waals surface area contributed by atoms with Gasteiger partial charge in [0.2, 0.25) is 0 Å². The first-order chi connectivity index (χ1) is 12.6. The van der Waals surface area contributed by atoms with Crippen molar-refractivity contribution in [3.05, 3.63) is 57.3 Å². The van der Waals surface area contributed by atoms with Crippen LogP contribution in [0.5, 0.6) is 5.75 Å². The average molecular weight is 374 g/mol. The van der Waals surface area contributed by atoms with Gasteiger partial charge in [0.1, 0.15) is 28.1 Å². The molecule has 0 atom stereocenters. The molecule has 2 aromatic rings. The first-order valence-corrected chi connectivity index (χ1v) is 9.74. The number of aryl methyl sites for hydroxylation is 1. The Bertz CT molecular complexity index is 784. The fourth-order valence-electron chi connectivity index (χ4n) is 2.95. The number of carbonyl (C=O) groups excluding carboxylic acids is 1. The van der Waals surface area contributed by atoms with Gasteiger partial charge in [-0.1, -0.05) is 11.6 Å². The molecule has 138 valence electrons. The van der Waals surface area contributed by atoms with Gasteiger partial charge in [0.15, 0.2) is 0 Å². The lowest BCUT2D eigenvalue weighted by Crippen LogP contribution is -2.24. The summed E-state index contributed by atoms with van der Waals surface area (Å²) in [6, 6.07) is 5.85. The van der Waals surface area contributed by atoms with Crippen molar-refractivity contribution in [1.82, 2.24) is 10.3 Å². The fourth-order valence-corrected chi connectivity index (χ4v) is 3.84. The van der Waals surface area contributed by atoms with Crippen molar-refractivity contribution in [2.45, 2.75) is 45.6 Å². The van der Waals surface area contributed by atoms with Crippen molar-refractivity contribution in [1.29, 1.82) is 0 Å². The second-order valence-corrected chi connectivity index (χ2v) is 7.46. The third-order valence-corrected chi connectivity index (χ3v) is 5.47. The Morgan fingerprint density at radius 2 is 2.12 bits per heavy atom. The van der Waals surface area contributed by atoms with Gasteiger partial charge in [0.05, 0.1) is 5.69 Å². The van der Waals surface area contributed by atoms with Crippen LogP contribution in [0.1, 0.15) is 52.5 Å². The first-order valence-electron chi connectivity index (χ1n) is 8.92. The summed E-state index contributed by atoms with van der Waals surface area (Å²) in [5, 5.41) is 3.72. The normalized spacial score (nSPS) is 14.0. The Balaban J connectivity index is 1.50. The summed E-state index contributed by atoms with van der Waals surface area (Å²) in [5.41, 5.74) is 2.16. The molecule has 1 heterocycles. The molecule has 0 saturated carbocycles. The van der Waals surface area contributed by atoms with Crippen molar-refractivity contribution in [3.8, 4) is 5.75 Å². The van der Waals surface area contributed by atoms with Gasteiger partial charge in [-0.25, -0.2) is 9.37 Å². The van der Waals surface area contributed by atoms with Crippen LogP contribution in [0.15, 0.2) is 35.9 Å². The number of halogens is 1. The number of ether oxygens (including phenoxy) is 1. The highest BCUT2D eigenvalue weighted by molar-refractivity contribution is 7.13. The first kappa shape index (κ1) is 18.6. The monoisotopic (exact) mass is 374 g/mol. The molecule has 1 aliphatic rings. The van der Waals surface area contributed by atoms with Gasteiger partial charge >= 0.3 is 0 Å². The Kier molecular flexibility index (Phi) is 6.39. The van der Waals surface area contributed by atoms with Gasteiger partial charge in [0, 0.05) is 6.54 Å². The molecule has 26 heavy (non-hydrogen) atoms. The Labute approximate surface area is 157 Å². The smallest absolute Gasteiger partial charge is 0.263 e. The van der Waals surface area contributed by atoms with Gasteiger partial charge in [-0.2, -0.15) is 0 Å². The quantitative estimate of drug-likeness (QED) is 0.709. The van der Waals surface area contributed by atoms with E-state index in [0.717, 1.165) is 24.3 Å². The molecule has 0 unspecified atom stereocenters. The second-order valence-electron chi connectivity index (χ2n) is 6.38. The van der Waals surface area contributed by atoms with E-state index in [1.54, 1.807) is 12.1 Å². The van der Waals surface area contributed by atoms with Crippen LogP contribution >= 0.6 is 11.3 Å². The molecule has 1 aliphatic carbocycles. The number of allylic oxidation sites excluding steroid dienone is 1. The number of aromatic nitrogens is 1. The summed E-state index contributed by atoms with van der Waals surface area (Å²) in [7, 11) is 0. The molecule has 3 rings (SSSR count). The lowest BCUT2D eigenvalue weighted by Gasteiger charge is -2.12. The highest BCUT2D eigenvalue weighted by atomic mass is 32.1. The maximum Gasteiger partial charge on any atom is 0.263 e. The summed E-state index contributed by atoms with van der Waals surface area (Å²) in [4.78, 5) is 17.4. The Morgan fingerprint density at radius 1 is 1.31 bits per heavy atom. The summed E-state index contributed by atoms with van der Waals surface area (Å²) >= 11 is 1.34. The van der Waals surface area contributed by atoms with Gasteiger partial charge in [-0.05, 0) is 63.3 Å². The minimum Gasteiger partial charge on any atom is -0.486 e. The highest BCUT2D eigenvalue weighted by Gasteiger charge is 2.15. The molecule has 0 aliphatic heterocycles. The molecule has 6 heteroatoms. The van der Waals surface area contributed by atoms with E-state index in [0.29, 0.717) is 22.9 Å². The second kappa shape index (κ2) is 8.94. The molecule has 1 amide bonds. The minimum atomic E-state index is -0.301. The third-order valence-electron chi connectivity index (χ3n) is 4.34. The molecule has 0 radical (unpaired) electrons. The van der Waals surface area contributed by atoms with Crippen LogP contribution in [-0.2, 0) is 6.61 Å². The van der Waals surface area contributed by atoms with E-state index < -0.39 is 0 Å². The van der Waals surface area contributed by atoms with Crippen molar-refractivity contribution in [3.63, 3.8) is 0 Å². The number of nitrogens with one attached hydrogen (secondary N) is 1. The van der Waals surface area contributed by atoms with Crippen molar-refractivity contribution in [2.24, 2.45) is 0 Å². The van der Waals surface area contributed by atoms with E-state index in [9.17, 15) is 9.18 Å². The van der Waals surface area contributed by atoms with Gasteiger partial charge < -0.3 is 10.1 Å². The molecule has 0 bridgehead atoms. The molecule has 0 saturated heterocycles. The molecular formula is C20H23FN2O2S. The Hall–Kier alpha value is -2.21.